The fourth-order valence-corrected chi connectivity index (χ4v) is 5.06. The number of hydrogen-bond donors (Lipinski definition) is 0. The number of nitriles is 1. The fourth-order valence-electron chi connectivity index (χ4n) is 3.29. The van der Waals surface area contributed by atoms with E-state index >= 15 is 0 Å². The molecule has 0 fully saturated rings. The summed E-state index contributed by atoms with van der Waals surface area (Å²) < 4.78 is 7.53. The molecule has 0 aliphatic heterocycles. The molecule has 0 aliphatic rings. The molecular weight excluding hydrogens is 573 g/mol. The Morgan fingerprint density at radius 3 is 2.28 bits per heavy atom. The van der Waals surface area contributed by atoms with Gasteiger partial charge in [-0.3, -0.25) is 0 Å². The zero-order valence-electron chi connectivity index (χ0n) is 16.6. The van der Waals surface area contributed by atoms with Crippen molar-refractivity contribution < 1.29 is 4.74 Å². The molecule has 0 spiro atoms. The summed E-state index contributed by atoms with van der Waals surface area (Å²) in [7, 11) is 0. The average molecular weight is 588 g/mol. The molecule has 0 unspecified atom stereocenters. The molecule has 32 heavy (non-hydrogen) atoms. The van der Waals surface area contributed by atoms with Crippen molar-refractivity contribution in [3.8, 4) is 11.8 Å². The largest absolute Gasteiger partial charge is 0.487 e. The van der Waals surface area contributed by atoms with Gasteiger partial charge in [-0.25, -0.2) is 0 Å². The summed E-state index contributed by atoms with van der Waals surface area (Å²) in [5, 5.41) is 13.0. The van der Waals surface area contributed by atoms with Gasteiger partial charge in [-0.1, -0.05) is 65.7 Å². The van der Waals surface area contributed by atoms with Gasteiger partial charge in [0, 0.05) is 0 Å². The van der Waals surface area contributed by atoms with E-state index in [-0.39, 0.29) is 0 Å². The summed E-state index contributed by atoms with van der Waals surface area (Å²) in [5.74, 6) is 0.664. The number of hydrogen-bond acceptors (Lipinski definition) is 2. The van der Waals surface area contributed by atoms with E-state index < -0.39 is 0 Å². The van der Waals surface area contributed by atoms with Crippen molar-refractivity contribution in [2.24, 2.45) is 0 Å². The molecule has 4 aromatic rings. The van der Waals surface area contributed by atoms with Crippen molar-refractivity contribution in [3.05, 3.63) is 108 Å². The van der Waals surface area contributed by atoms with Crippen molar-refractivity contribution >= 4 is 77.5 Å². The van der Waals surface area contributed by atoms with E-state index in [1.165, 1.54) is 0 Å². The quantitative estimate of drug-likeness (QED) is 0.172. The van der Waals surface area contributed by atoms with Crippen LogP contribution in [0.5, 0.6) is 5.75 Å². The van der Waals surface area contributed by atoms with Crippen LogP contribution in [-0.2, 0) is 6.61 Å². The van der Waals surface area contributed by atoms with Crippen molar-refractivity contribution in [1.82, 2.24) is 0 Å². The zero-order chi connectivity index (χ0) is 22.7. The second kappa shape index (κ2) is 10.1. The SMILES string of the molecule is N#C/C(=C/c1cc(Br)c(OCc2ccc(Cl)c(Cl)c2)c(Br)c1)c1ccc2ccccc2c1. The standard InChI is InChI=1S/C26H15Br2Cl2NO/c27-22-10-17(9-21(14-31)20-7-6-18-3-1-2-4-19(18)13-20)11-23(28)26(22)32-15-16-5-8-24(29)25(30)12-16/h1-13H,15H2/b21-9-. The highest BCUT2D eigenvalue weighted by Gasteiger charge is 2.11. The van der Waals surface area contributed by atoms with E-state index in [0.29, 0.717) is 28.0 Å². The van der Waals surface area contributed by atoms with Crippen molar-refractivity contribution in [3.63, 3.8) is 0 Å². The summed E-state index contributed by atoms with van der Waals surface area (Å²) in [6.45, 7) is 0.337. The molecule has 0 heterocycles. The predicted molar refractivity (Wildman–Crippen MR) is 140 cm³/mol. The van der Waals surface area contributed by atoms with Crippen LogP contribution in [-0.4, -0.2) is 0 Å². The third kappa shape index (κ3) is 5.19. The number of allylic oxidation sites excluding steroid dienone is 1. The maximum Gasteiger partial charge on any atom is 0.148 e. The van der Waals surface area contributed by atoms with Crippen LogP contribution in [0.3, 0.4) is 0 Å². The topological polar surface area (TPSA) is 33.0 Å². The molecule has 4 rings (SSSR count). The number of halogens is 4. The summed E-state index contributed by atoms with van der Waals surface area (Å²) in [6.07, 6.45) is 1.86. The first kappa shape index (κ1) is 22.9. The van der Waals surface area contributed by atoms with E-state index in [1.807, 2.05) is 60.7 Å². The minimum absolute atomic E-state index is 0.337. The van der Waals surface area contributed by atoms with Crippen LogP contribution in [0.1, 0.15) is 16.7 Å². The number of rotatable bonds is 5. The van der Waals surface area contributed by atoms with E-state index in [2.05, 4.69) is 44.0 Å². The monoisotopic (exact) mass is 585 g/mol. The first-order valence-electron chi connectivity index (χ1n) is 9.61. The molecule has 0 bridgehead atoms. The van der Waals surface area contributed by atoms with E-state index in [0.717, 1.165) is 36.4 Å². The Labute approximate surface area is 213 Å². The van der Waals surface area contributed by atoms with Crippen LogP contribution in [0.25, 0.3) is 22.4 Å². The lowest BCUT2D eigenvalue weighted by Gasteiger charge is -2.12. The van der Waals surface area contributed by atoms with Gasteiger partial charge in [0.25, 0.3) is 0 Å². The molecule has 2 nitrogen and oxygen atoms in total. The Morgan fingerprint density at radius 1 is 0.875 bits per heavy atom. The summed E-state index contributed by atoms with van der Waals surface area (Å²) in [5.41, 5.74) is 3.23. The molecule has 6 heteroatoms. The molecule has 0 N–H and O–H groups in total. The molecule has 0 radical (unpaired) electrons. The average Bonchev–Trinajstić information content (AvgIpc) is 2.79. The van der Waals surface area contributed by atoms with Gasteiger partial charge in [-0.15, -0.1) is 0 Å². The van der Waals surface area contributed by atoms with Crippen LogP contribution in [0.2, 0.25) is 10.0 Å². The van der Waals surface area contributed by atoms with Crippen LogP contribution in [0.15, 0.2) is 81.7 Å². The predicted octanol–water partition coefficient (Wildman–Crippen LogP) is 9.31. The van der Waals surface area contributed by atoms with E-state index in [1.54, 1.807) is 12.1 Å². The highest BCUT2D eigenvalue weighted by molar-refractivity contribution is 9.11. The normalized spacial score (nSPS) is 11.4. The highest BCUT2D eigenvalue weighted by Crippen LogP contribution is 2.37. The van der Waals surface area contributed by atoms with Gasteiger partial charge in [0.05, 0.1) is 30.6 Å². The second-order valence-electron chi connectivity index (χ2n) is 7.08. The molecule has 0 saturated heterocycles. The Kier molecular flexibility index (Phi) is 7.23. The summed E-state index contributed by atoms with van der Waals surface area (Å²) in [6, 6.07) is 25.7. The van der Waals surface area contributed by atoms with E-state index in [9.17, 15) is 5.26 Å². The van der Waals surface area contributed by atoms with Gasteiger partial charge in [0.1, 0.15) is 12.4 Å². The number of ether oxygens (including phenoxy) is 1. The molecule has 0 aromatic heterocycles. The lowest BCUT2D eigenvalue weighted by atomic mass is 10.0. The number of nitrogens with zero attached hydrogens (tertiary/aromatic N) is 1. The summed E-state index contributed by atoms with van der Waals surface area (Å²) in [4.78, 5) is 0. The van der Waals surface area contributed by atoms with Crippen LogP contribution >= 0.6 is 55.1 Å². The second-order valence-corrected chi connectivity index (χ2v) is 9.61. The number of benzene rings is 4. The smallest absolute Gasteiger partial charge is 0.148 e. The van der Waals surface area contributed by atoms with Crippen molar-refractivity contribution in [2.75, 3.05) is 0 Å². The molecule has 0 amide bonds. The first-order valence-corrected chi connectivity index (χ1v) is 12.0. The minimum Gasteiger partial charge on any atom is -0.487 e. The third-order valence-corrected chi connectivity index (χ3v) is 6.80. The third-order valence-electron chi connectivity index (χ3n) is 4.88. The molecule has 158 valence electrons. The van der Waals surface area contributed by atoms with Crippen LogP contribution in [0, 0.1) is 11.3 Å². The van der Waals surface area contributed by atoms with Crippen molar-refractivity contribution in [2.45, 2.75) is 6.61 Å². The van der Waals surface area contributed by atoms with Crippen LogP contribution in [0.4, 0.5) is 0 Å². The Balaban J connectivity index is 1.60. The molecule has 0 aliphatic carbocycles. The minimum atomic E-state index is 0.337. The van der Waals surface area contributed by atoms with Crippen LogP contribution < -0.4 is 4.74 Å². The Hall–Kier alpha value is -2.29. The van der Waals surface area contributed by atoms with Gasteiger partial charge in [-0.05, 0) is 95.7 Å². The van der Waals surface area contributed by atoms with Crippen molar-refractivity contribution in [1.29, 1.82) is 5.26 Å². The fraction of sp³-hybridized carbons (Fsp3) is 0.0385. The molecule has 4 aromatic carbocycles. The summed E-state index contributed by atoms with van der Waals surface area (Å²) >= 11 is 19.2. The molecular formula is C26H15Br2Cl2NO. The lowest BCUT2D eigenvalue weighted by molar-refractivity contribution is 0.302. The Morgan fingerprint density at radius 2 is 1.59 bits per heavy atom. The Bertz CT molecular complexity index is 1370. The highest BCUT2D eigenvalue weighted by atomic mass is 79.9. The number of fused-ring (bicyclic) bond motifs is 1. The molecule has 0 atom stereocenters. The lowest BCUT2D eigenvalue weighted by Crippen LogP contribution is -1.97. The van der Waals surface area contributed by atoms with Gasteiger partial charge >= 0.3 is 0 Å². The van der Waals surface area contributed by atoms with Gasteiger partial charge in [-0.2, -0.15) is 5.26 Å². The maximum absolute atomic E-state index is 9.77. The van der Waals surface area contributed by atoms with Gasteiger partial charge < -0.3 is 4.74 Å². The zero-order valence-corrected chi connectivity index (χ0v) is 21.3. The molecule has 0 saturated carbocycles. The first-order chi connectivity index (χ1) is 15.4. The maximum atomic E-state index is 9.77. The van der Waals surface area contributed by atoms with Gasteiger partial charge in [0.2, 0.25) is 0 Å². The van der Waals surface area contributed by atoms with E-state index in [4.69, 9.17) is 27.9 Å². The van der Waals surface area contributed by atoms with Gasteiger partial charge in [0.15, 0.2) is 0 Å².